The highest BCUT2D eigenvalue weighted by molar-refractivity contribution is 7.22. The van der Waals surface area contributed by atoms with Gasteiger partial charge in [0.15, 0.2) is 6.10 Å². The van der Waals surface area contributed by atoms with Crippen LogP contribution in [0, 0.1) is 6.92 Å². The zero-order valence-corrected chi connectivity index (χ0v) is 27.0. The second-order valence-corrected chi connectivity index (χ2v) is 13.2. The standard InChI is InChI=1S/C36H34ClN3O3S/c1-6-42-35(41)32(43-36(3,4)5)30-22(2)18-28-33(31(30)24-12-15-26(37)16-13-24)44-34(39-28)25-14-17-27-29(19-25)40(21-38-27)20-23-10-8-7-9-11-23/h7-19,21,32H,6,20H2,1-5H3/t32-/m0/s1. The lowest BCUT2D eigenvalue weighted by molar-refractivity contribution is -0.166. The monoisotopic (exact) mass is 623 g/mol. The van der Waals surface area contributed by atoms with Gasteiger partial charge in [-0.2, -0.15) is 0 Å². The topological polar surface area (TPSA) is 66.2 Å². The molecular formula is C36H34ClN3O3S. The number of ether oxygens (including phenoxy) is 2. The number of hydrogen-bond donors (Lipinski definition) is 0. The molecule has 6 rings (SSSR count). The molecular weight excluding hydrogens is 590 g/mol. The van der Waals surface area contributed by atoms with Gasteiger partial charge in [-0.15, -0.1) is 11.3 Å². The lowest BCUT2D eigenvalue weighted by Crippen LogP contribution is -2.29. The molecule has 0 saturated carbocycles. The third kappa shape index (κ3) is 6.13. The number of nitrogens with zero attached hydrogens (tertiary/aromatic N) is 3. The van der Waals surface area contributed by atoms with Crippen molar-refractivity contribution in [3.63, 3.8) is 0 Å². The predicted molar refractivity (Wildman–Crippen MR) is 179 cm³/mol. The van der Waals surface area contributed by atoms with Gasteiger partial charge in [0.1, 0.15) is 5.01 Å². The van der Waals surface area contributed by atoms with Crippen molar-refractivity contribution in [2.45, 2.75) is 52.9 Å². The molecule has 44 heavy (non-hydrogen) atoms. The van der Waals surface area contributed by atoms with Crippen molar-refractivity contribution in [2.75, 3.05) is 6.61 Å². The SMILES string of the molecule is CCOC(=O)[C@@H](OC(C)(C)C)c1c(C)cc2nc(-c3ccc4ncn(Cc5ccccc5)c4c3)sc2c1-c1ccc(Cl)cc1. The average molecular weight is 624 g/mol. The summed E-state index contributed by atoms with van der Waals surface area (Å²) in [5, 5.41) is 1.52. The molecule has 0 aliphatic heterocycles. The molecule has 0 saturated heterocycles. The van der Waals surface area contributed by atoms with Crippen LogP contribution >= 0.6 is 22.9 Å². The van der Waals surface area contributed by atoms with E-state index in [0.717, 1.165) is 60.6 Å². The molecule has 4 aromatic carbocycles. The highest BCUT2D eigenvalue weighted by Crippen LogP contribution is 2.45. The van der Waals surface area contributed by atoms with E-state index in [9.17, 15) is 4.79 Å². The Morgan fingerprint density at radius 1 is 0.977 bits per heavy atom. The van der Waals surface area contributed by atoms with E-state index in [4.69, 9.17) is 26.1 Å². The summed E-state index contributed by atoms with van der Waals surface area (Å²) in [7, 11) is 0. The number of rotatable bonds is 8. The van der Waals surface area contributed by atoms with Crippen LogP contribution in [0.3, 0.4) is 0 Å². The molecule has 0 N–H and O–H groups in total. The molecule has 8 heteroatoms. The van der Waals surface area contributed by atoms with Crippen LogP contribution in [0.15, 0.2) is 85.2 Å². The van der Waals surface area contributed by atoms with Crippen molar-refractivity contribution < 1.29 is 14.3 Å². The van der Waals surface area contributed by atoms with Gasteiger partial charge >= 0.3 is 5.97 Å². The van der Waals surface area contributed by atoms with Crippen LogP contribution in [-0.4, -0.2) is 32.7 Å². The Hall–Kier alpha value is -4.04. The third-order valence-electron chi connectivity index (χ3n) is 7.36. The lowest BCUT2D eigenvalue weighted by Gasteiger charge is -2.29. The number of benzene rings is 4. The predicted octanol–water partition coefficient (Wildman–Crippen LogP) is 9.41. The minimum Gasteiger partial charge on any atom is -0.464 e. The second kappa shape index (κ2) is 12.2. The number of carbonyl (C=O) groups excluding carboxylic acids is 1. The Kier molecular flexibility index (Phi) is 8.29. The second-order valence-electron chi connectivity index (χ2n) is 11.8. The number of aryl methyl sites for hydroxylation is 1. The van der Waals surface area contributed by atoms with Gasteiger partial charge in [-0.3, -0.25) is 0 Å². The van der Waals surface area contributed by atoms with Crippen LogP contribution in [0.2, 0.25) is 5.02 Å². The fourth-order valence-corrected chi connectivity index (χ4v) is 6.72. The maximum Gasteiger partial charge on any atom is 0.339 e. The number of fused-ring (bicyclic) bond motifs is 2. The molecule has 0 radical (unpaired) electrons. The van der Waals surface area contributed by atoms with Crippen LogP contribution in [0.1, 0.15) is 50.5 Å². The molecule has 0 amide bonds. The summed E-state index contributed by atoms with van der Waals surface area (Å²) in [6.07, 6.45) is 0.970. The van der Waals surface area contributed by atoms with Crippen molar-refractivity contribution in [3.8, 4) is 21.7 Å². The summed E-state index contributed by atoms with van der Waals surface area (Å²) in [6, 6.07) is 26.4. The van der Waals surface area contributed by atoms with Gasteiger partial charge in [-0.05, 0) is 87.7 Å². The number of thiazole rings is 1. The minimum atomic E-state index is -0.917. The molecule has 6 nitrogen and oxygen atoms in total. The molecule has 2 heterocycles. The maximum atomic E-state index is 13.4. The molecule has 0 unspecified atom stereocenters. The van der Waals surface area contributed by atoms with E-state index in [1.165, 1.54) is 5.56 Å². The first-order valence-corrected chi connectivity index (χ1v) is 15.8. The molecule has 0 aliphatic carbocycles. The summed E-state index contributed by atoms with van der Waals surface area (Å²) >= 11 is 7.90. The smallest absolute Gasteiger partial charge is 0.339 e. The number of halogens is 1. The quantitative estimate of drug-likeness (QED) is 0.158. The number of esters is 1. The van der Waals surface area contributed by atoms with Crippen LogP contribution < -0.4 is 0 Å². The average Bonchev–Trinajstić information content (AvgIpc) is 3.60. The summed E-state index contributed by atoms with van der Waals surface area (Å²) in [6.45, 7) is 10.6. The highest BCUT2D eigenvalue weighted by Gasteiger charge is 2.33. The molecule has 0 bridgehead atoms. The third-order valence-corrected chi connectivity index (χ3v) is 8.75. The van der Waals surface area contributed by atoms with Gasteiger partial charge in [0, 0.05) is 28.3 Å². The van der Waals surface area contributed by atoms with E-state index in [0.29, 0.717) is 5.02 Å². The zero-order valence-electron chi connectivity index (χ0n) is 25.4. The van der Waals surface area contributed by atoms with E-state index in [1.54, 1.807) is 18.3 Å². The Balaban J connectivity index is 1.53. The van der Waals surface area contributed by atoms with Crippen molar-refractivity contribution in [1.29, 1.82) is 0 Å². The van der Waals surface area contributed by atoms with E-state index in [2.05, 4.69) is 45.9 Å². The van der Waals surface area contributed by atoms with Gasteiger partial charge in [0.05, 0.1) is 39.8 Å². The summed E-state index contributed by atoms with van der Waals surface area (Å²) in [5.41, 5.74) is 7.96. The van der Waals surface area contributed by atoms with Crippen LogP contribution in [0.5, 0.6) is 0 Å². The van der Waals surface area contributed by atoms with E-state index < -0.39 is 17.7 Å². The van der Waals surface area contributed by atoms with E-state index >= 15 is 0 Å². The Labute approximate surface area is 266 Å². The molecule has 0 aliphatic rings. The number of carbonyl (C=O) groups is 1. The molecule has 1 atom stereocenters. The van der Waals surface area contributed by atoms with Crippen LogP contribution in [0.25, 0.3) is 42.9 Å². The molecule has 2 aromatic heterocycles. The minimum absolute atomic E-state index is 0.258. The van der Waals surface area contributed by atoms with Crippen molar-refractivity contribution in [2.24, 2.45) is 0 Å². The Morgan fingerprint density at radius 3 is 2.41 bits per heavy atom. The van der Waals surface area contributed by atoms with Crippen molar-refractivity contribution in [1.82, 2.24) is 14.5 Å². The van der Waals surface area contributed by atoms with Crippen LogP contribution in [0.4, 0.5) is 0 Å². The van der Waals surface area contributed by atoms with Crippen LogP contribution in [-0.2, 0) is 20.8 Å². The summed E-state index contributed by atoms with van der Waals surface area (Å²) in [5.74, 6) is -0.415. The van der Waals surface area contributed by atoms with Gasteiger partial charge in [0.25, 0.3) is 0 Å². The first-order chi connectivity index (χ1) is 21.1. The molecule has 0 fully saturated rings. The highest BCUT2D eigenvalue weighted by atomic mass is 35.5. The number of imidazole rings is 1. The van der Waals surface area contributed by atoms with Gasteiger partial charge in [0.2, 0.25) is 0 Å². The fraction of sp³-hybridized carbons (Fsp3) is 0.250. The molecule has 6 aromatic rings. The summed E-state index contributed by atoms with van der Waals surface area (Å²) in [4.78, 5) is 23.2. The Bertz CT molecular complexity index is 1960. The van der Waals surface area contributed by atoms with E-state index in [-0.39, 0.29) is 6.61 Å². The van der Waals surface area contributed by atoms with Crippen molar-refractivity contribution in [3.05, 3.63) is 107 Å². The first-order valence-electron chi connectivity index (χ1n) is 14.6. The van der Waals surface area contributed by atoms with Gasteiger partial charge in [-0.1, -0.05) is 54.1 Å². The maximum absolute atomic E-state index is 13.4. The van der Waals surface area contributed by atoms with Crippen molar-refractivity contribution >= 4 is 50.2 Å². The largest absolute Gasteiger partial charge is 0.464 e. The van der Waals surface area contributed by atoms with Gasteiger partial charge in [-0.25, -0.2) is 14.8 Å². The van der Waals surface area contributed by atoms with E-state index in [1.807, 2.05) is 76.5 Å². The summed E-state index contributed by atoms with van der Waals surface area (Å²) < 4.78 is 15.1. The molecule has 0 spiro atoms. The first kappa shape index (κ1) is 30.0. The number of hydrogen-bond acceptors (Lipinski definition) is 6. The normalized spacial score (nSPS) is 12.6. The molecule has 224 valence electrons. The fourth-order valence-electron chi connectivity index (χ4n) is 5.47. The van der Waals surface area contributed by atoms with Gasteiger partial charge < -0.3 is 14.0 Å². The lowest BCUT2D eigenvalue weighted by atomic mass is 9.91. The zero-order chi connectivity index (χ0) is 31.0. The number of aromatic nitrogens is 3. The Morgan fingerprint density at radius 2 is 1.70 bits per heavy atom.